The smallest absolute Gasteiger partial charge is 0.158 e. The number of nitrogens with zero attached hydrogens (tertiary/aromatic N) is 4. The van der Waals surface area contributed by atoms with Gasteiger partial charge in [-0.1, -0.05) is 29.3 Å². The predicted octanol–water partition coefficient (Wildman–Crippen LogP) is 3.91. The highest BCUT2D eigenvalue weighted by atomic mass is 35.5. The molecule has 0 saturated carbocycles. The van der Waals surface area contributed by atoms with Gasteiger partial charge in [0.25, 0.3) is 0 Å². The largest absolute Gasteiger partial charge is 0.379 e. The first-order chi connectivity index (χ1) is 13.0. The van der Waals surface area contributed by atoms with Crippen molar-refractivity contribution in [2.45, 2.75) is 19.9 Å². The van der Waals surface area contributed by atoms with E-state index in [1.54, 1.807) is 16.6 Å². The molecule has 2 aromatic heterocycles. The standard InChI is InChI=1S/C19H19Cl2FN4O/c1-12-17(8-13-2-3-15(20)10-16(13)22)26-19(23-12)14(9-18(21)24-26)11-25-4-6-27-7-5-25/h2-3,9-10H,4-8,11H2,1H3. The highest BCUT2D eigenvalue weighted by Gasteiger charge is 2.19. The summed E-state index contributed by atoms with van der Waals surface area (Å²) in [5.74, 6) is -0.340. The fourth-order valence-corrected chi connectivity index (χ4v) is 3.73. The van der Waals surface area contributed by atoms with Crippen molar-refractivity contribution < 1.29 is 9.13 Å². The Morgan fingerprint density at radius 2 is 1.93 bits per heavy atom. The molecule has 0 unspecified atom stereocenters. The number of rotatable bonds is 4. The molecule has 0 atom stereocenters. The number of imidazole rings is 1. The van der Waals surface area contributed by atoms with Crippen molar-refractivity contribution in [1.82, 2.24) is 19.5 Å². The normalized spacial score (nSPS) is 15.6. The third kappa shape index (κ3) is 3.94. The van der Waals surface area contributed by atoms with Gasteiger partial charge in [0.1, 0.15) is 5.82 Å². The summed E-state index contributed by atoms with van der Waals surface area (Å²) in [5, 5.41) is 5.19. The lowest BCUT2D eigenvalue weighted by atomic mass is 10.1. The summed E-state index contributed by atoms with van der Waals surface area (Å²) in [6, 6.07) is 6.55. The van der Waals surface area contributed by atoms with Crippen LogP contribution in [0.15, 0.2) is 24.3 Å². The van der Waals surface area contributed by atoms with Gasteiger partial charge in [-0.3, -0.25) is 4.90 Å². The van der Waals surface area contributed by atoms with Gasteiger partial charge in [-0.05, 0) is 30.7 Å². The van der Waals surface area contributed by atoms with Gasteiger partial charge in [0.05, 0.1) is 24.6 Å². The van der Waals surface area contributed by atoms with E-state index in [0.717, 1.165) is 55.4 Å². The first-order valence-electron chi connectivity index (χ1n) is 8.79. The summed E-state index contributed by atoms with van der Waals surface area (Å²) in [4.78, 5) is 7.00. The molecule has 142 valence electrons. The number of morpholine rings is 1. The zero-order chi connectivity index (χ0) is 19.0. The first kappa shape index (κ1) is 18.6. The van der Waals surface area contributed by atoms with E-state index in [1.165, 1.54) is 6.07 Å². The van der Waals surface area contributed by atoms with Crippen LogP contribution in [0.3, 0.4) is 0 Å². The maximum Gasteiger partial charge on any atom is 0.158 e. The van der Waals surface area contributed by atoms with Gasteiger partial charge in [0.2, 0.25) is 0 Å². The molecule has 27 heavy (non-hydrogen) atoms. The molecule has 0 aliphatic carbocycles. The molecule has 0 amide bonds. The van der Waals surface area contributed by atoms with Crippen molar-refractivity contribution in [3.8, 4) is 0 Å². The third-order valence-corrected chi connectivity index (χ3v) is 5.21. The minimum absolute atomic E-state index is 0.340. The first-order valence-corrected chi connectivity index (χ1v) is 9.54. The second kappa shape index (κ2) is 7.72. The number of aryl methyl sites for hydroxylation is 1. The van der Waals surface area contributed by atoms with Crippen LogP contribution in [0.2, 0.25) is 10.2 Å². The summed E-state index contributed by atoms with van der Waals surface area (Å²) in [5.41, 5.74) is 3.93. The molecule has 0 radical (unpaired) electrons. The van der Waals surface area contributed by atoms with E-state index in [4.69, 9.17) is 32.9 Å². The predicted molar refractivity (Wildman–Crippen MR) is 103 cm³/mol. The van der Waals surface area contributed by atoms with E-state index >= 15 is 0 Å². The Kier molecular flexibility index (Phi) is 5.32. The van der Waals surface area contributed by atoms with Crippen molar-refractivity contribution in [2.75, 3.05) is 26.3 Å². The zero-order valence-electron chi connectivity index (χ0n) is 14.9. The van der Waals surface area contributed by atoms with E-state index in [-0.39, 0.29) is 5.82 Å². The lowest BCUT2D eigenvalue weighted by Gasteiger charge is -2.26. The quantitative estimate of drug-likeness (QED) is 0.656. The Hall–Kier alpha value is -1.73. The second-order valence-corrected chi connectivity index (χ2v) is 7.50. The van der Waals surface area contributed by atoms with E-state index in [9.17, 15) is 4.39 Å². The van der Waals surface area contributed by atoms with Crippen LogP contribution in [0.5, 0.6) is 0 Å². The SMILES string of the molecule is Cc1nc2c(CN3CCOCC3)cc(Cl)nn2c1Cc1ccc(Cl)cc1F. The monoisotopic (exact) mass is 408 g/mol. The van der Waals surface area contributed by atoms with Gasteiger partial charge in [-0.15, -0.1) is 0 Å². The molecule has 1 fully saturated rings. The molecule has 1 aromatic carbocycles. The van der Waals surface area contributed by atoms with Crippen LogP contribution >= 0.6 is 23.2 Å². The van der Waals surface area contributed by atoms with Gasteiger partial charge >= 0.3 is 0 Å². The highest BCUT2D eigenvalue weighted by Crippen LogP contribution is 2.24. The lowest BCUT2D eigenvalue weighted by molar-refractivity contribution is 0.0343. The van der Waals surface area contributed by atoms with Gasteiger partial charge in [0, 0.05) is 36.6 Å². The maximum atomic E-state index is 14.3. The number of halogens is 3. The summed E-state index contributed by atoms with van der Waals surface area (Å²) in [7, 11) is 0. The van der Waals surface area contributed by atoms with Crippen LogP contribution in [0.25, 0.3) is 5.65 Å². The van der Waals surface area contributed by atoms with Crippen LogP contribution in [-0.2, 0) is 17.7 Å². The molecule has 3 heterocycles. The number of benzene rings is 1. The van der Waals surface area contributed by atoms with Crippen LogP contribution in [0.4, 0.5) is 4.39 Å². The van der Waals surface area contributed by atoms with Crippen LogP contribution in [0.1, 0.15) is 22.5 Å². The van der Waals surface area contributed by atoms with Crippen LogP contribution in [0, 0.1) is 12.7 Å². The average Bonchev–Trinajstić information content (AvgIpc) is 2.94. The highest BCUT2D eigenvalue weighted by molar-refractivity contribution is 6.30. The van der Waals surface area contributed by atoms with Crippen molar-refractivity contribution in [1.29, 1.82) is 0 Å². The van der Waals surface area contributed by atoms with E-state index in [2.05, 4.69) is 10.00 Å². The number of hydrogen-bond donors (Lipinski definition) is 0. The molecule has 1 aliphatic rings. The third-order valence-electron chi connectivity index (χ3n) is 4.79. The van der Waals surface area contributed by atoms with E-state index in [1.807, 2.05) is 13.0 Å². The van der Waals surface area contributed by atoms with E-state index in [0.29, 0.717) is 22.2 Å². The van der Waals surface area contributed by atoms with Gasteiger partial charge in [-0.2, -0.15) is 5.10 Å². The Bertz CT molecular complexity index is 985. The molecule has 8 heteroatoms. The fourth-order valence-electron chi connectivity index (χ4n) is 3.36. The minimum Gasteiger partial charge on any atom is -0.379 e. The van der Waals surface area contributed by atoms with E-state index < -0.39 is 0 Å². The second-order valence-electron chi connectivity index (χ2n) is 6.67. The van der Waals surface area contributed by atoms with Crippen LogP contribution in [-0.4, -0.2) is 45.8 Å². The number of fused-ring (bicyclic) bond motifs is 1. The Labute approximate surface area is 166 Å². The van der Waals surface area contributed by atoms with Crippen molar-refractivity contribution in [2.24, 2.45) is 0 Å². The molecular weight excluding hydrogens is 390 g/mol. The molecule has 3 aromatic rings. The molecule has 0 bridgehead atoms. The Balaban J connectivity index is 1.72. The Morgan fingerprint density at radius 3 is 2.67 bits per heavy atom. The van der Waals surface area contributed by atoms with Gasteiger partial charge in [0.15, 0.2) is 10.8 Å². The minimum atomic E-state index is -0.340. The molecule has 4 rings (SSSR count). The molecule has 0 spiro atoms. The average molecular weight is 409 g/mol. The van der Waals surface area contributed by atoms with Gasteiger partial charge < -0.3 is 4.74 Å². The Morgan fingerprint density at radius 1 is 1.15 bits per heavy atom. The molecular formula is C19H19Cl2FN4O. The number of aromatic nitrogens is 3. The summed E-state index contributed by atoms with van der Waals surface area (Å²) >= 11 is 12.1. The number of ether oxygens (including phenoxy) is 1. The summed E-state index contributed by atoms with van der Waals surface area (Å²) < 4.78 is 21.4. The fraction of sp³-hybridized carbons (Fsp3) is 0.368. The summed E-state index contributed by atoms with van der Waals surface area (Å²) in [6.07, 6.45) is 0.361. The summed E-state index contributed by atoms with van der Waals surface area (Å²) in [6.45, 7) is 5.82. The van der Waals surface area contributed by atoms with Crippen LogP contribution < -0.4 is 0 Å². The lowest BCUT2D eigenvalue weighted by Crippen LogP contribution is -2.35. The van der Waals surface area contributed by atoms with Crippen molar-refractivity contribution in [3.63, 3.8) is 0 Å². The maximum absolute atomic E-state index is 14.3. The molecule has 5 nitrogen and oxygen atoms in total. The zero-order valence-corrected chi connectivity index (χ0v) is 16.4. The van der Waals surface area contributed by atoms with Gasteiger partial charge in [-0.25, -0.2) is 13.9 Å². The molecule has 1 saturated heterocycles. The topological polar surface area (TPSA) is 42.7 Å². The van der Waals surface area contributed by atoms with Crippen molar-refractivity contribution >= 4 is 28.8 Å². The molecule has 1 aliphatic heterocycles. The number of hydrogen-bond acceptors (Lipinski definition) is 4. The van der Waals surface area contributed by atoms with Crippen molar-refractivity contribution in [3.05, 3.63) is 62.8 Å². The molecule has 0 N–H and O–H groups in total.